The van der Waals surface area contributed by atoms with Gasteiger partial charge >= 0.3 is 0 Å². The number of halogens is 1. The van der Waals surface area contributed by atoms with Crippen molar-refractivity contribution in [1.82, 2.24) is 25.2 Å². The summed E-state index contributed by atoms with van der Waals surface area (Å²) in [6.45, 7) is 10.4. The zero-order valence-electron chi connectivity index (χ0n) is 20.3. The van der Waals surface area contributed by atoms with Gasteiger partial charge in [0.2, 0.25) is 0 Å². The van der Waals surface area contributed by atoms with Gasteiger partial charge < -0.3 is 25.0 Å². The second-order valence-electron chi connectivity index (χ2n) is 8.21. The third-order valence-electron chi connectivity index (χ3n) is 5.58. The van der Waals surface area contributed by atoms with Crippen LogP contribution in [0.3, 0.4) is 0 Å². The number of nitrogens with one attached hydrogen (secondary N) is 2. The number of hydrogen-bond acceptors (Lipinski definition) is 8. The number of aryl methyl sites for hydroxylation is 1. The standard InChI is InChI=1S/C25H37ClN6O2/c1-3-5-24(32-13-16-33-17-14-32)23(26)7-6-21-8-10-27-11-12-29-20(2)25(31-21)30-19-22-18-28-9-4-15-34-22/h5,7-8,10-12,22,28H,3-4,6,9,13-19H2,1-2H3,(H,30,31)/b23-7+,24-5+. The van der Waals surface area contributed by atoms with Gasteiger partial charge in [0.1, 0.15) is 5.82 Å². The fourth-order valence-corrected chi connectivity index (χ4v) is 4.03. The molecule has 1 aromatic rings. The van der Waals surface area contributed by atoms with Crippen molar-refractivity contribution < 1.29 is 9.47 Å². The molecule has 0 saturated carbocycles. The van der Waals surface area contributed by atoms with E-state index in [1.165, 1.54) is 0 Å². The van der Waals surface area contributed by atoms with Crippen LogP contribution in [0.1, 0.15) is 31.2 Å². The van der Waals surface area contributed by atoms with Gasteiger partial charge in [0.15, 0.2) is 0 Å². The largest absolute Gasteiger partial charge is 0.378 e. The molecule has 9 heteroatoms. The van der Waals surface area contributed by atoms with E-state index in [1.54, 1.807) is 18.6 Å². The van der Waals surface area contributed by atoms with Gasteiger partial charge in [0, 0.05) is 63.5 Å². The van der Waals surface area contributed by atoms with E-state index in [-0.39, 0.29) is 6.10 Å². The van der Waals surface area contributed by atoms with Gasteiger partial charge in [-0.05, 0) is 32.4 Å². The minimum absolute atomic E-state index is 0.0857. The number of anilines is 1. The smallest absolute Gasteiger partial charge is 0.147 e. The SMILES string of the molecule is CC/C=C(\C(Cl)=C/Cc1ccnccnc(C)c(NCC2CNCCCO2)n1)N1CCOCC1. The molecule has 34 heavy (non-hydrogen) atoms. The van der Waals surface area contributed by atoms with Gasteiger partial charge in [-0.25, -0.2) is 4.98 Å². The first-order valence-corrected chi connectivity index (χ1v) is 12.5. The summed E-state index contributed by atoms with van der Waals surface area (Å²) in [6, 6.07) is 1.91. The van der Waals surface area contributed by atoms with E-state index in [2.05, 4.69) is 38.5 Å². The van der Waals surface area contributed by atoms with Crippen LogP contribution in [0.25, 0.3) is 0 Å². The molecule has 3 heterocycles. The Balaban J connectivity index is 1.81. The molecular formula is C25H37ClN6O2. The van der Waals surface area contributed by atoms with E-state index in [1.807, 2.05) is 19.1 Å². The average molecular weight is 489 g/mol. The number of nitrogens with zero attached hydrogens (tertiary/aromatic N) is 4. The highest BCUT2D eigenvalue weighted by Crippen LogP contribution is 2.22. The Morgan fingerprint density at radius 2 is 2.09 bits per heavy atom. The Kier molecular flexibility index (Phi) is 11.5. The molecule has 0 aromatic carbocycles. The molecule has 186 valence electrons. The van der Waals surface area contributed by atoms with Crippen LogP contribution in [0.15, 0.2) is 47.5 Å². The first-order valence-electron chi connectivity index (χ1n) is 12.1. The van der Waals surface area contributed by atoms with E-state index < -0.39 is 0 Å². The number of ether oxygens (including phenoxy) is 2. The highest BCUT2D eigenvalue weighted by molar-refractivity contribution is 6.31. The van der Waals surface area contributed by atoms with E-state index >= 15 is 0 Å². The normalized spacial score (nSPS) is 19.9. The van der Waals surface area contributed by atoms with E-state index in [4.69, 9.17) is 26.1 Å². The second kappa shape index (κ2) is 14.9. The molecule has 0 bridgehead atoms. The predicted octanol–water partition coefficient (Wildman–Crippen LogP) is 3.39. The summed E-state index contributed by atoms with van der Waals surface area (Å²) in [5, 5.41) is 7.59. The maximum atomic E-state index is 6.78. The van der Waals surface area contributed by atoms with E-state index in [0.29, 0.717) is 13.0 Å². The zero-order valence-corrected chi connectivity index (χ0v) is 21.1. The summed E-state index contributed by atoms with van der Waals surface area (Å²) in [5.74, 6) is 0.723. The van der Waals surface area contributed by atoms with Gasteiger partial charge in [-0.1, -0.05) is 30.7 Å². The Labute approximate surface area is 208 Å². The molecule has 1 unspecified atom stereocenters. The summed E-state index contributed by atoms with van der Waals surface area (Å²) >= 11 is 6.78. The third-order valence-corrected chi connectivity index (χ3v) is 5.92. The fourth-order valence-electron chi connectivity index (χ4n) is 3.75. The Morgan fingerprint density at radius 3 is 2.91 bits per heavy atom. The molecule has 2 aliphatic heterocycles. The van der Waals surface area contributed by atoms with Crippen molar-refractivity contribution in [3.63, 3.8) is 0 Å². The number of aromatic nitrogens is 3. The van der Waals surface area contributed by atoms with Gasteiger partial charge in [-0.15, -0.1) is 0 Å². The van der Waals surface area contributed by atoms with Crippen LogP contribution in [0.2, 0.25) is 0 Å². The molecule has 1 aromatic heterocycles. The molecule has 0 amide bonds. The third kappa shape index (κ3) is 8.83. The van der Waals surface area contributed by atoms with Crippen molar-refractivity contribution in [1.29, 1.82) is 0 Å². The molecule has 2 N–H and O–H groups in total. The van der Waals surface area contributed by atoms with E-state index in [0.717, 1.165) is 86.8 Å². The van der Waals surface area contributed by atoms with Gasteiger partial charge in [0.05, 0.1) is 35.7 Å². The van der Waals surface area contributed by atoms with Crippen LogP contribution < -0.4 is 10.6 Å². The second-order valence-corrected chi connectivity index (χ2v) is 8.62. The van der Waals surface area contributed by atoms with Crippen LogP contribution in [-0.4, -0.2) is 78.5 Å². The number of morpholine rings is 1. The summed E-state index contributed by atoms with van der Waals surface area (Å²) < 4.78 is 11.4. The summed E-state index contributed by atoms with van der Waals surface area (Å²) in [5.41, 5.74) is 2.69. The average Bonchev–Trinajstić information content (AvgIpc) is 3.14. The lowest BCUT2D eigenvalue weighted by molar-refractivity contribution is 0.0550. The molecule has 0 aliphatic carbocycles. The lowest BCUT2D eigenvalue weighted by Gasteiger charge is -2.31. The molecule has 2 aliphatic rings. The highest BCUT2D eigenvalue weighted by atomic mass is 35.5. The molecule has 1 atom stereocenters. The van der Waals surface area contributed by atoms with E-state index in [9.17, 15) is 0 Å². The first kappa shape index (κ1) is 26.3. The molecule has 2 fully saturated rings. The number of hydrogen-bond donors (Lipinski definition) is 2. The van der Waals surface area contributed by atoms with Crippen molar-refractivity contribution in [3.8, 4) is 0 Å². The summed E-state index contributed by atoms with van der Waals surface area (Å²) in [4.78, 5) is 15.9. The molecule has 0 radical (unpaired) electrons. The van der Waals surface area contributed by atoms with Crippen LogP contribution >= 0.6 is 11.6 Å². The molecule has 0 spiro atoms. The van der Waals surface area contributed by atoms with Crippen LogP contribution in [0.4, 0.5) is 5.82 Å². The van der Waals surface area contributed by atoms with Crippen LogP contribution in [0.5, 0.6) is 0 Å². The van der Waals surface area contributed by atoms with Crippen molar-refractivity contribution in [3.05, 3.63) is 58.9 Å². The number of allylic oxidation sites excluding steroid dienone is 3. The summed E-state index contributed by atoms with van der Waals surface area (Å²) in [7, 11) is 0. The lowest BCUT2D eigenvalue weighted by Crippen LogP contribution is -2.35. The minimum Gasteiger partial charge on any atom is -0.378 e. The zero-order chi connectivity index (χ0) is 24.0. The predicted molar refractivity (Wildman–Crippen MR) is 136 cm³/mol. The minimum atomic E-state index is 0.0857. The molecule has 3 rings (SSSR count). The summed E-state index contributed by atoms with van der Waals surface area (Å²) in [6.07, 6.45) is 11.9. The van der Waals surface area contributed by atoms with Gasteiger partial charge in [-0.2, -0.15) is 0 Å². The Morgan fingerprint density at radius 1 is 1.24 bits per heavy atom. The first-order chi connectivity index (χ1) is 16.7. The molecule has 2 saturated heterocycles. The van der Waals surface area contributed by atoms with Gasteiger partial charge in [-0.3, -0.25) is 9.97 Å². The molecular weight excluding hydrogens is 452 g/mol. The van der Waals surface area contributed by atoms with Crippen molar-refractivity contribution >= 4 is 17.4 Å². The van der Waals surface area contributed by atoms with Crippen LogP contribution in [-0.2, 0) is 15.9 Å². The van der Waals surface area contributed by atoms with Crippen molar-refractivity contribution in [2.24, 2.45) is 0 Å². The van der Waals surface area contributed by atoms with Gasteiger partial charge in [0.25, 0.3) is 0 Å². The maximum absolute atomic E-state index is 6.78. The monoisotopic (exact) mass is 488 g/mol. The molecule has 8 nitrogen and oxygen atoms in total. The quantitative estimate of drug-likeness (QED) is 0.539. The maximum Gasteiger partial charge on any atom is 0.147 e. The number of rotatable bonds is 8. The fraction of sp³-hybridized carbons (Fsp3) is 0.560. The Bertz CT molecular complexity index is 879. The lowest BCUT2D eigenvalue weighted by atomic mass is 10.2. The Hall–Kier alpha value is -2.26. The van der Waals surface area contributed by atoms with Crippen LogP contribution in [0, 0.1) is 6.92 Å². The topological polar surface area (TPSA) is 84.4 Å². The van der Waals surface area contributed by atoms with Crippen molar-refractivity contribution in [2.75, 3.05) is 57.9 Å². The highest BCUT2D eigenvalue weighted by Gasteiger charge is 2.16. The van der Waals surface area contributed by atoms with Crippen molar-refractivity contribution in [2.45, 2.75) is 39.2 Å².